The van der Waals surface area contributed by atoms with Gasteiger partial charge in [-0.05, 0) is 29.3 Å². The first kappa shape index (κ1) is 26.7. The molecule has 1 aliphatic heterocycles. The van der Waals surface area contributed by atoms with Gasteiger partial charge in [-0.25, -0.2) is 14.0 Å². The van der Waals surface area contributed by atoms with Crippen LogP contribution in [0.5, 0.6) is 0 Å². The number of amides is 2. The molecule has 1 aliphatic rings. The number of hydrogen-bond donors (Lipinski definition) is 0. The van der Waals surface area contributed by atoms with E-state index in [4.69, 9.17) is 9.47 Å². The summed E-state index contributed by atoms with van der Waals surface area (Å²) in [4.78, 5) is 40.9. The van der Waals surface area contributed by atoms with Crippen LogP contribution in [0.15, 0.2) is 78.9 Å². The van der Waals surface area contributed by atoms with Crippen molar-refractivity contribution in [1.82, 2.24) is 4.90 Å². The van der Waals surface area contributed by atoms with Crippen LogP contribution in [-0.4, -0.2) is 56.1 Å². The summed E-state index contributed by atoms with van der Waals surface area (Å²) in [6, 6.07) is 23.2. The van der Waals surface area contributed by atoms with Gasteiger partial charge in [-0.1, -0.05) is 60.7 Å². The number of carbonyl (C=O) groups is 3. The van der Waals surface area contributed by atoms with Crippen molar-refractivity contribution in [2.45, 2.75) is 19.6 Å². The van der Waals surface area contributed by atoms with Crippen molar-refractivity contribution in [1.29, 1.82) is 0 Å². The standard InChI is InChI=1S/C29H30FN3O5/c30-26-20-25(33(14-7-19-34)29(36)38-22-24-10-5-2-6-11-24)12-13-27(26)31-15-17-32(18-16-31)28(35)37-21-23-8-3-1-4-9-23/h1-6,8-13,19-20H,7,14-18,21-22H2. The number of aldehydes is 1. The zero-order valence-electron chi connectivity index (χ0n) is 21.0. The fourth-order valence-electron chi connectivity index (χ4n) is 4.17. The first-order valence-electron chi connectivity index (χ1n) is 12.5. The maximum atomic E-state index is 15.2. The topological polar surface area (TPSA) is 79.4 Å². The van der Waals surface area contributed by atoms with Gasteiger partial charge in [-0.15, -0.1) is 0 Å². The Balaban J connectivity index is 1.34. The summed E-state index contributed by atoms with van der Waals surface area (Å²) in [6.45, 7) is 1.99. The molecule has 0 spiro atoms. The Morgan fingerprint density at radius 2 is 1.45 bits per heavy atom. The van der Waals surface area contributed by atoms with Gasteiger partial charge in [0.15, 0.2) is 0 Å². The van der Waals surface area contributed by atoms with Crippen molar-refractivity contribution in [2.75, 3.05) is 42.5 Å². The summed E-state index contributed by atoms with van der Waals surface area (Å²) in [5, 5.41) is 0. The van der Waals surface area contributed by atoms with Crippen LogP contribution >= 0.6 is 0 Å². The molecule has 1 fully saturated rings. The van der Waals surface area contributed by atoms with Crippen molar-refractivity contribution in [3.05, 3.63) is 95.8 Å². The summed E-state index contributed by atoms with van der Waals surface area (Å²) < 4.78 is 26.0. The lowest BCUT2D eigenvalue weighted by Crippen LogP contribution is -2.49. The molecule has 38 heavy (non-hydrogen) atoms. The number of benzene rings is 3. The molecule has 0 aromatic heterocycles. The summed E-state index contributed by atoms with van der Waals surface area (Å²) in [5.41, 5.74) is 2.40. The van der Waals surface area contributed by atoms with Crippen LogP contribution in [0.1, 0.15) is 17.5 Å². The average molecular weight is 520 g/mol. The number of rotatable bonds is 9. The molecule has 0 bridgehead atoms. The van der Waals surface area contributed by atoms with Crippen LogP contribution < -0.4 is 9.80 Å². The number of halogens is 1. The van der Waals surface area contributed by atoms with Crippen LogP contribution in [0.25, 0.3) is 0 Å². The Kier molecular flexibility index (Phi) is 9.28. The van der Waals surface area contributed by atoms with E-state index in [-0.39, 0.29) is 26.2 Å². The van der Waals surface area contributed by atoms with Crippen molar-refractivity contribution in [2.24, 2.45) is 0 Å². The lowest BCUT2D eigenvalue weighted by atomic mass is 10.2. The first-order chi connectivity index (χ1) is 18.5. The minimum atomic E-state index is -0.662. The summed E-state index contributed by atoms with van der Waals surface area (Å²) in [7, 11) is 0. The van der Waals surface area contributed by atoms with Crippen LogP contribution in [0, 0.1) is 5.82 Å². The Morgan fingerprint density at radius 3 is 2.03 bits per heavy atom. The SMILES string of the molecule is O=CCCN(C(=O)OCc1ccccc1)c1ccc(N2CCN(C(=O)OCc3ccccc3)CC2)c(F)c1. The molecular weight excluding hydrogens is 489 g/mol. The number of piperazine rings is 1. The maximum Gasteiger partial charge on any atom is 0.414 e. The zero-order valence-corrected chi connectivity index (χ0v) is 21.0. The Morgan fingerprint density at radius 1 is 0.842 bits per heavy atom. The van der Waals surface area contributed by atoms with Crippen LogP contribution in [0.4, 0.5) is 25.4 Å². The van der Waals surface area contributed by atoms with Crippen LogP contribution in [-0.2, 0) is 27.5 Å². The third-order valence-corrected chi connectivity index (χ3v) is 6.22. The second kappa shape index (κ2) is 13.2. The van der Waals surface area contributed by atoms with E-state index in [1.165, 1.54) is 11.0 Å². The average Bonchev–Trinajstić information content (AvgIpc) is 2.96. The van der Waals surface area contributed by atoms with Gasteiger partial charge in [0.05, 0.1) is 11.4 Å². The van der Waals surface area contributed by atoms with Gasteiger partial charge in [-0.3, -0.25) is 4.90 Å². The highest BCUT2D eigenvalue weighted by Gasteiger charge is 2.25. The van der Waals surface area contributed by atoms with E-state index in [9.17, 15) is 14.4 Å². The summed E-state index contributed by atoms with van der Waals surface area (Å²) in [5.74, 6) is -0.505. The highest BCUT2D eigenvalue weighted by atomic mass is 19.1. The molecule has 3 aromatic rings. The third kappa shape index (κ3) is 7.09. The van der Waals surface area contributed by atoms with E-state index in [2.05, 4.69) is 0 Å². The predicted molar refractivity (Wildman–Crippen MR) is 141 cm³/mol. The molecule has 198 valence electrons. The summed E-state index contributed by atoms with van der Waals surface area (Å²) >= 11 is 0. The molecule has 0 radical (unpaired) electrons. The molecule has 8 nitrogen and oxygen atoms in total. The highest BCUT2D eigenvalue weighted by molar-refractivity contribution is 5.88. The Labute approximate surface area is 221 Å². The summed E-state index contributed by atoms with van der Waals surface area (Å²) in [6.07, 6.45) is -0.270. The lowest BCUT2D eigenvalue weighted by molar-refractivity contribution is -0.107. The Bertz CT molecular complexity index is 1220. The molecule has 4 rings (SSSR count). The Hall–Kier alpha value is -4.40. The normalized spacial score (nSPS) is 13.1. The van der Waals surface area contributed by atoms with Crippen molar-refractivity contribution in [3.8, 4) is 0 Å². The molecule has 0 N–H and O–H groups in total. The van der Waals surface area contributed by atoms with Crippen molar-refractivity contribution < 1.29 is 28.2 Å². The number of ether oxygens (including phenoxy) is 2. The molecule has 0 aliphatic carbocycles. The van der Waals surface area contributed by atoms with Gasteiger partial charge in [0.2, 0.25) is 0 Å². The predicted octanol–water partition coefficient (Wildman–Crippen LogP) is 5.02. The fourth-order valence-corrected chi connectivity index (χ4v) is 4.17. The van der Waals surface area contributed by atoms with E-state index in [1.54, 1.807) is 17.0 Å². The zero-order chi connectivity index (χ0) is 26.7. The molecule has 0 atom stereocenters. The van der Waals surface area contributed by atoms with Gasteiger partial charge in [0, 0.05) is 39.1 Å². The molecular formula is C29H30FN3O5. The minimum absolute atomic E-state index is 0.0654. The monoisotopic (exact) mass is 519 g/mol. The molecule has 0 unspecified atom stereocenters. The molecule has 1 heterocycles. The van der Waals surface area contributed by atoms with E-state index < -0.39 is 18.0 Å². The van der Waals surface area contributed by atoms with E-state index in [0.717, 1.165) is 11.1 Å². The minimum Gasteiger partial charge on any atom is -0.445 e. The maximum absolute atomic E-state index is 15.2. The second-order valence-electron chi connectivity index (χ2n) is 8.80. The molecule has 1 saturated heterocycles. The molecule has 3 aromatic carbocycles. The largest absolute Gasteiger partial charge is 0.445 e. The third-order valence-electron chi connectivity index (χ3n) is 6.22. The van der Waals surface area contributed by atoms with E-state index >= 15 is 4.39 Å². The van der Waals surface area contributed by atoms with Gasteiger partial charge in [-0.2, -0.15) is 0 Å². The first-order valence-corrected chi connectivity index (χ1v) is 12.5. The molecule has 0 saturated carbocycles. The highest BCUT2D eigenvalue weighted by Crippen LogP contribution is 2.27. The van der Waals surface area contributed by atoms with Gasteiger partial charge in [0.25, 0.3) is 0 Å². The number of carbonyl (C=O) groups excluding carboxylic acids is 3. The molecule has 9 heteroatoms. The van der Waals surface area contributed by atoms with E-state index in [0.29, 0.717) is 43.8 Å². The van der Waals surface area contributed by atoms with Crippen LogP contribution in [0.2, 0.25) is 0 Å². The number of anilines is 2. The lowest BCUT2D eigenvalue weighted by Gasteiger charge is -2.35. The fraction of sp³-hybridized carbons (Fsp3) is 0.276. The van der Waals surface area contributed by atoms with Gasteiger partial charge in [0.1, 0.15) is 25.3 Å². The second-order valence-corrected chi connectivity index (χ2v) is 8.80. The van der Waals surface area contributed by atoms with Crippen molar-refractivity contribution in [3.63, 3.8) is 0 Å². The van der Waals surface area contributed by atoms with Gasteiger partial charge < -0.3 is 24.1 Å². The quantitative estimate of drug-likeness (QED) is 0.370. The number of hydrogen-bond acceptors (Lipinski definition) is 6. The molecule has 2 amide bonds. The van der Waals surface area contributed by atoms with Gasteiger partial charge >= 0.3 is 12.2 Å². The smallest absolute Gasteiger partial charge is 0.414 e. The van der Waals surface area contributed by atoms with E-state index in [1.807, 2.05) is 65.6 Å². The number of nitrogens with zero attached hydrogens (tertiary/aromatic N) is 3. The van der Waals surface area contributed by atoms with Crippen molar-refractivity contribution >= 4 is 29.8 Å². The van der Waals surface area contributed by atoms with Crippen LogP contribution in [0.3, 0.4) is 0 Å².